The summed E-state index contributed by atoms with van der Waals surface area (Å²) < 4.78 is 0. The highest BCUT2D eigenvalue weighted by Crippen LogP contribution is 2.36. The molecule has 0 atom stereocenters. The second-order valence-corrected chi connectivity index (χ2v) is 7.54. The maximum absolute atomic E-state index is 12.6. The van der Waals surface area contributed by atoms with Crippen molar-refractivity contribution in [2.75, 3.05) is 18.4 Å². The maximum atomic E-state index is 12.6. The fraction of sp³-hybridized carbons (Fsp3) is 0.160. The van der Waals surface area contributed by atoms with E-state index >= 15 is 0 Å². The summed E-state index contributed by atoms with van der Waals surface area (Å²) in [7, 11) is 0. The van der Waals surface area contributed by atoms with Crippen LogP contribution in [0.5, 0.6) is 0 Å². The molecule has 5 heteroatoms. The first kappa shape index (κ1) is 18.3. The summed E-state index contributed by atoms with van der Waals surface area (Å²) >= 11 is 0. The van der Waals surface area contributed by atoms with Crippen molar-refractivity contribution in [2.24, 2.45) is 0 Å². The van der Waals surface area contributed by atoms with Crippen LogP contribution in [0.25, 0.3) is 11.1 Å². The number of fused-ring (bicyclic) bond motifs is 2. The highest BCUT2D eigenvalue weighted by molar-refractivity contribution is 6.21. The van der Waals surface area contributed by atoms with Crippen LogP contribution in [0, 0.1) is 0 Å². The molecule has 1 aliphatic carbocycles. The van der Waals surface area contributed by atoms with Crippen LogP contribution in [0.3, 0.4) is 0 Å². The van der Waals surface area contributed by atoms with Gasteiger partial charge in [-0.2, -0.15) is 0 Å². The number of benzene rings is 3. The van der Waals surface area contributed by atoms with Gasteiger partial charge in [-0.05, 0) is 41.3 Å². The lowest BCUT2D eigenvalue weighted by atomic mass is 9.95. The van der Waals surface area contributed by atoms with Gasteiger partial charge >= 0.3 is 0 Å². The van der Waals surface area contributed by atoms with Crippen LogP contribution in [0.4, 0.5) is 5.69 Å². The zero-order valence-corrected chi connectivity index (χ0v) is 16.4. The van der Waals surface area contributed by atoms with Crippen LogP contribution in [0.1, 0.15) is 43.1 Å². The molecule has 0 unspecified atom stereocenters. The van der Waals surface area contributed by atoms with Crippen molar-refractivity contribution in [3.8, 4) is 11.1 Å². The van der Waals surface area contributed by atoms with E-state index in [1.807, 2.05) is 42.5 Å². The summed E-state index contributed by atoms with van der Waals surface area (Å²) in [5, 5.41) is 3.28. The van der Waals surface area contributed by atoms with Crippen molar-refractivity contribution < 1.29 is 14.4 Å². The molecule has 0 bridgehead atoms. The van der Waals surface area contributed by atoms with Crippen LogP contribution < -0.4 is 5.32 Å². The zero-order valence-electron chi connectivity index (χ0n) is 16.4. The molecular weight excluding hydrogens is 376 g/mol. The maximum Gasteiger partial charge on any atom is 0.261 e. The van der Waals surface area contributed by atoms with Crippen molar-refractivity contribution in [1.29, 1.82) is 0 Å². The highest BCUT2D eigenvalue weighted by atomic mass is 16.2. The summed E-state index contributed by atoms with van der Waals surface area (Å²) in [6.07, 6.45) is 1.23. The fourth-order valence-corrected chi connectivity index (χ4v) is 4.37. The molecule has 3 aromatic rings. The summed E-state index contributed by atoms with van der Waals surface area (Å²) in [5.74, 6) is -0.401. The van der Waals surface area contributed by atoms with E-state index in [9.17, 15) is 14.4 Å². The van der Waals surface area contributed by atoms with Gasteiger partial charge < -0.3 is 5.32 Å². The molecule has 0 radical (unpaired) electrons. The number of hydrogen-bond acceptors (Lipinski definition) is 4. The van der Waals surface area contributed by atoms with Crippen molar-refractivity contribution in [3.63, 3.8) is 0 Å². The van der Waals surface area contributed by atoms with E-state index in [4.69, 9.17) is 0 Å². The number of carbonyl (C=O) groups excluding carboxylic acids is 3. The molecule has 1 heterocycles. The van der Waals surface area contributed by atoms with Crippen LogP contribution in [-0.4, -0.2) is 35.6 Å². The third-order valence-electron chi connectivity index (χ3n) is 5.81. The molecule has 2 amide bonds. The Bertz CT molecular complexity index is 1150. The summed E-state index contributed by atoms with van der Waals surface area (Å²) in [6, 6.07) is 20.9. The zero-order chi connectivity index (χ0) is 20.7. The monoisotopic (exact) mass is 396 g/mol. The van der Waals surface area contributed by atoms with E-state index in [1.54, 1.807) is 24.3 Å². The Morgan fingerprint density at radius 3 is 2.10 bits per heavy atom. The molecule has 1 aliphatic heterocycles. The first-order chi connectivity index (χ1) is 14.6. The molecule has 0 aromatic heterocycles. The lowest BCUT2D eigenvalue weighted by molar-refractivity contribution is 0.0660. The molecule has 5 nitrogen and oxygen atoms in total. The number of rotatable bonds is 5. The second-order valence-electron chi connectivity index (χ2n) is 7.54. The normalized spacial score (nSPS) is 14.8. The minimum atomic E-state index is -0.266. The predicted molar refractivity (Wildman–Crippen MR) is 115 cm³/mol. The van der Waals surface area contributed by atoms with Gasteiger partial charge in [0.15, 0.2) is 5.78 Å². The van der Waals surface area contributed by atoms with Gasteiger partial charge in [-0.25, -0.2) is 0 Å². The molecule has 0 fully saturated rings. The van der Waals surface area contributed by atoms with Crippen LogP contribution >= 0.6 is 0 Å². The van der Waals surface area contributed by atoms with Crippen molar-refractivity contribution in [3.05, 3.63) is 89.0 Å². The Morgan fingerprint density at radius 1 is 0.733 bits per heavy atom. The average Bonchev–Trinajstić information content (AvgIpc) is 3.28. The number of nitrogens with zero attached hydrogens (tertiary/aromatic N) is 1. The fourth-order valence-electron chi connectivity index (χ4n) is 4.37. The van der Waals surface area contributed by atoms with Gasteiger partial charge in [0, 0.05) is 30.8 Å². The van der Waals surface area contributed by atoms with Gasteiger partial charge in [-0.15, -0.1) is 0 Å². The number of hydrogen-bond donors (Lipinski definition) is 1. The van der Waals surface area contributed by atoms with Gasteiger partial charge in [0.25, 0.3) is 11.8 Å². The minimum absolute atomic E-state index is 0.131. The number of amides is 2. The Balaban J connectivity index is 1.36. The number of anilines is 1. The topological polar surface area (TPSA) is 66.5 Å². The molecule has 0 spiro atoms. The van der Waals surface area contributed by atoms with E-state index in [0.29, 0.717) is 24.1 Å². The lowest BCUT2D eigenvalue weighted by Gasteiger charge is -2.17. The number of carbonyl (C=O) groups is 3. The minimum Gasteiger partial charge on any atom is -0.383 e. The SMILES string of the molecule is O=C1CCc2c(-c3ccccc3)ccc(NCCN3C(=O)c4ccccc4C3=O)c21. The Morgan fingerprint density at radius 2 is 1.40 bits per heavy atom. The van der Waals surface area contributed by atoms with Gasteiger partial charge in [0.05, 0.1) is 11.1 Å². The van der Waals surface area contributed by atoms with E-state index in [1.165, 1.54) is 4.90 Å². The highest BCUT2D eigenvalue weighted by Gasteiger charge is 2.34. The Hall–Kier alpha value is -3.73. The molecule has 0 saturated heterocycles. The van der Waals surface area contributed by atoms with Gasteiger partial charge in [0.2, 0.25) is 0 Å². The number of imide groups is 1. The van der Waals surface area contributed by atoms with E-state index in [-0.39, 0.29) is 24.1 Å². The van der Waals surface area contributed by atoms with E-state index in [0.717, 1.165) is 34.4 Å². The van der Waals surface area contributed by atoms with Crippen LogP contribution in [0.15, 0.2) is 66.7 Å². The summed E-state index contributed by atoms with van der Waals surface area (Å²) in [4.78, 5) is 38.9. The van der Waals surface area contributed by atoms with Gasteiger partial charge in [-0.1, -0.05) is 48.5 Å². The lowest BCUT2D eigenvalue weighted by Crippen LogP contribution is -2.34. The quantitative estimate of drug-likeness (QED) is 0.657. The molecule has 148 valence electrons. The van der Waals surface area contributed by atoms with E-state index in [2.05, 4.69) is 5.32 Å². The smallest absolute Gasteiger partial charge is 0.261 e. The largest absolute Gasteiger partial charge is 0.383 e. The molecule has 3 aromatic carbocycles. The Kier molecular flexibility index (Phi) is 4.43. The summed E-state index contributed by atoms with van der Waals surface area (Å²) in [6.45, 7) is 0.631. The number of nitrogens with one attached hydrogen (secondary N) is 1. The molecule has 5 rings (SSSR count). The molecule has 0 saturated carbocycles. The van der Waals surface area contributed by atoms with Gasteiger partial charge in [0.1, 0.15) is 0 Å². The van der Waals surface area contributed by atoms with Gasteiger partial charge in [-0.3, -0.25) is 19.3 Å². The molecule has 2 aliphatic rings. The first-order valence-corrected chi connectivity index (χ1v) is 10.1. The number of ketones is 1. The average molecular weight is 396 g/mol. The van der Waals surface area contributed by atoms with Crippen LogP contribution in [-0.2, 0) is 6.42 Å². The first-order valence-electron chi connectivity index (χ1n) is 10.1. The molecule has 30 heavy (non-hydrogen) atoms. The Labute approximate surface area is 174 Å². The van der Waals surface area contributed by atoms with Crippen LogP contribution in [0.2, 0.25) is 0 Å². The summed E-state index contributed by atoms with van der Waals surface area (Å²) in [5.41, 5.74) is 5.65. The predicted octanol–water partition coefficient (Wildman–Crippen LogP) is 4.19. The molecule has 1 N–H and O–H groups in total. The van der Waals surface area contributed by atoms with Crippen molar-refractivity contribution >= 4 is 23.3 Å². The van der Waals surface area contributed by atoms with Crippen molar-refractivity contribution in [1.82, 2.24) is 4.90 Å². The third-order valence-corrected chi connectivity index (χ3v) is 5.81. The standard InChI is InChI=1S/C25H20N2O3/c28-22-13-11-18-17(16-6-2-1-3-7-16)10-12-21(23(18)22)26-14-15-27-24(29)19-8-4-5-9-20(19)25(27)30/h1-10,12,26H,11,13-15H2. The van der Waals surface area contributed by atoms with E-state index < -0.39 is 0 Å². The van der Waals surface area contributed by atoms with Crippen molar-refractivity contribution in [2.45, 2.75) is 12.8 Å². The second kappa shape index (κ2) is 7.26. The number of Topliss-reactive ketones (excluding diaryl/α,β-unsaturated/α-hetero) is 1. The third kappa shape index (κ3) is 2.90. The molecular formula is C25H20N2O3.